The van der Waals surface area contributed by atoms with Crippen molar-refractivity contribution in [2.45, 2.75) is 51.6 Å². The highest BCUT2D eigenvalue weighted by Gasteiger charge is 2.28. The Hall–Kier alpha value is -0.860. The van der Waals surface area contributed by atoms with E-state index in [1.165, 1.54) is 36.9 Å². The second-order valence-corrected chi connectivity index (χ2v) is 5.57. The van der Waals surface area contributed by atoms with E-state index in [0.717, 1.165) is 19.0 Å². The summed E-state index contributed by atoms with van der Waals surface area (Å²) < 4.78 is 0. The van der Waals surface area contributed by atoms with Crippen molar-refractivity contribution in [2.24, 2.45) is 5.73 Å². The molecule has 0 radical (unpaired) electrons. The average Bonchev–Trinajstić information content (AvgIpc) is 3.19. The van der Waals surface area contributed by atoms with Crippen LogP contribution < -0.4 is 5.73 Å². The third-order valence-electron chi connectivity index (χ3n) is 3.81. The molecule has 1 aliphatic rings. The lowest BCUT2D eigenvalue weighted by Crippen LogP contribution is -2.30. The molecular weight excluding hydrogens is 220 g/mol. The summed E-state index contributed by atoms with van der Waals surface area (Å²) in [6.07, 6.45) is 5.09. The minimum atomic E-state index is 0.184. The normalized spacial score (nSPS) is 17.1. The molecule has 0 aromatic heterocycles. The Morgan fingerprint density at radius 2 is 1.89 bits per heavy atom. The largest absolute Gasteiger partial charge is 0.324 e. The standard InChI is InChI=1S/C16H26N2/c1-3-11-18(15-8-9-15)12-10-16(17)14-6-4-13(2)5-7-14/h4-7,15-16H,3,8-12,17H2,1-2H3. The van der Waals surface area contributed by atoms with Gasteiger partial charge in [-0.1, -0.05) is 36.8 Å². The monoisotopic (exact) mass is 246 g/mol. The van der Waals surface area contributed by atoms with Gasteiger partial charge in [0.05, 0.1) is 0 Å². The van der Waals surface area contributed by atoms with E-state index in [1.54, 1.807) is 0 Å². The second kappa shape index (κ2) is 6.35. The molecule has 2 heteroatoms. The first-order valence-corrected chi connectivity index (χ1v) is 7.27. The number of benzene rings is 1. The van der Waals surface area contributed by atoms with E-state index in [0.29, 0.717) is 0 Å². The number of hydrogen-bond acceptors (Lipinski definition) is 2. The predicted molar refractivity (Wildman–Crippen MR) is 77.6 cm³/mol. The van der Waals surface area contributed by atoms with Gasteiger partial charge in [0.2, 0.25) is 0 Å². The third-order valence-corrected chi connectivity index (χ3v) is 3.81. The molecule has 1 fully saturated rings. The van der Waals surface area contributed by atoms with Crippen LogP contribution in [0.25, 0.3) is 0 Å². The first-order valence-electron chi connectivity index (χ1n) is 7.27. The Morgan fingerprint density at radius 1 is 1.22 bits per heavy atom. The highest BCUT2D eigenvalue weighted by atomic mass is 15.2. The number of nitrogens with zero attached hydrogens (tertiary/aromatic N) is 1. The van der Waals surface area contributed by atoms with Crippen LogP contribution in [0.5, 0.6) is 0 Å². The highest BCUT2D eigenvalue weighted by Crippen LogP contribution is 2.28. The molecule has 1 aliphatic carbocycles. The molecule has 0 spiro atoms. The van der Waals surface area contributed by atoms with Crippen molar-refractivity contribution in [3.05, 3.63) is 35.4 Å². The zero-order valence-corrected chi connectivity index (χ0v) is 11.7. The Bertz CT molecular complexity index is 354. The Kier molecular flexibility index (Phi) is 4.79. The zero-order valence-electron chi connectivity index (χ0n) is 11.7. The van der Waals surface area contributed by atoms with E-state index in [2.05, 4.69) is 43.0 Å². The van der Waals surface area contributed by atoms with Crippen LogP contribution in [-0.2, 0) is 0 Å². The molecular formula is C16H26N2. The second-order valence-electron chi connectivity index (χ2n) is 5.57. The maximum absolute atomic E-state index is 6.28. The molecule has 18 heavy (non-hydrogen) atoms. The number of aryl methyl sites for hydroxylation is 1. The van der Waals surface area contributed by atoms with Crippen molar-refractivity contribution >= 4 is 0 Å². The molecule has 0 heterocycles. The summed E-state index contributed by atoms with van der Waals surface area (Å²) >= 11 is 0. The molecule has 1 aromatic carbocycles. The van der Waals surface area contributed by atoms with Crippen LogP contribution in [0.15, 0.2) is 24.3 Å². The quantitative estimate of drug-likeness (QED) is 0.800. The van der Waals surface area contributed by atoms with Gasteiger partial charge >= 0.3 is 0 Å². The maximum Gasteiger partial charge on any atom is 0.0307 e. The molecule has 1 unspecified atom stereocenters. The SMILES string of the molecule is CCCN(CCC(N)c1ccc(C)cc1)C1CC1. The van der Waals surface area contributed by atoms with Crippen LogP contribution in [0.4, 0.5) is 0 Å². The van der Waals surface area contributed by atoms with Crippen molar-refractivity contribution in [3.8, 4) is 0 Å². The molecule has 0 bridgehead atoms. The van der Waals surface area contributed by atoms with E-state index in [4.69, 9.17) is 5.73 Å². The van der Waals surface area contributed by atoms with Gasteiger partial charge in [0.15, 0.2) is 0 Å². The molecule has 0 saturated heterocycles. The zero-order chi connectivity index (χ0) is 13.0. The van der Waals surface area contributed by atoms with Gasteiger partial charge < -0.3 is 10.6 Å². The van der Waals surface area contributed by atoms with Crippen LogP contribution in [0.1, 0.15) is 49.8 Å². The predicted octanol–water partition coefficient (Wildman–Crippen LogP) is 3.26. The topological polar surface area (TPSA) is 29.3 Å². The van der Waals surface area contributed by atoms with Crippen LogP contribution in [0.3, 0.4) is 0 Å². The summed E-state index contributed by atoms with van der Waals surface area (Å²) in [5, 5.41) is 0. The fraction of sp³-hybridized carbons (Fsp3) is 0.625. The summed E-state index contributed by atoms with van der Waals surface area (Å²) in [7, 11) is 0. The Balaban J connectivity index is 1.82. The molecule has 1 atom stereocenters. The fourth-order valence-corrected chi connectivity index (χ4v) is 2.49. The van der Waals surface area contributed by atoms with Crippen molar-refractivity contribution in [1.82, 2.24) is 4.90 Å². The van der Waals surface area contributed by atoms with Gasteiger partial charge in [0.1, 0.15) is 0 Å². The van der Waals surface area contributed by atoms with E-state index < -0.39 is 0 Å². The van der Waals surface area contributed by atoms with Gasteiger partial charge in [-0.05, 0) is 44.7 Å². The lowest BCUT2D eigenvalue weighted by molar-refractivity contribution is 0.253. The van der Waals surface area contributed by atoms with Gasteiger partial charge in [0.25, 0.3) is 0 Å². The van der Waals surface area contributed by atoms with Gasteiger partial charge in [-0.15, -0.1) is 0 Å². The summed E-state index contributed by atoms with van der Waals surface area (Å²) in [5.41, 5.74) is 8.86. The summed E-state index contributed by atoms with van der Waals surface area (Å²) in [6, 6.07) is 9.68. The summed E-state index contributed by atoms with van der Waals surface area (Å²) in [4.78, 5) is 2.62. The molecule has 100 valence electrons. The van der Waals surface area contributed by atoms with Gasteiger partial charge in [-0.25, -0.2) is 0 Å². The van der Waals surface area contributed by atoms with Crippen molar-refractivity contribution in [3.63, 3.8) is 0 Å². The van der Waals surface area contributed by atoms with E-state index in [9.17, 15) is 0 Å². The van der Waals surface area contributed by atoms with E-state index in [-0.39, 0.29) is 6.04 Å². The fourth-order valence-electron chi connectivity index (χ4n) is 2.49. The van der Waals surface area contributed by atoms with Gasteiger partial charge in [0, 0.05) is 18.6 Å². The van der Waals surface area contributed by atoms with E-state index >= 15 is 0 Å². The third kappa shape index (κ3) is 3.82. The Labute approximate surface area is 111 Å². The van der Waals surface area contributed by atoms with Crippen molar-refractivity contribution < 1.29 is 0 Å². The van der Waals surface area contributed by atoms with Crippen LogP contribution in [0.2, 0.25) is 0 Å². The molecule has 2 nitrogen and oxygen atoms in total. The molecule has 1 saturated carbocycles. The lowest BCUT2D eigenvalue weighted by Gasteiger charge is -2.23. The molecule has 2 rings (SSSR count). The van der Waals surface area contributed by atoms with Crippen molar-refractivity contribution in [2.75, 3.05) is 13.1 Å². The van der Waals surface area contributed by atoms with Crippen LogP contribution in [0, 0.1) is 6.92 Å². The highest BCUT2D eigenvalue weighted by molar-refractivity contribution is 5.23. The number of hydrogen-bond donors (Lipinski definition) is 1. The average molecular weight is 246 g/mol. The van der Waals surface area contributed by atoms with Crippen molar-refractivity contribution in [1.29, 1.82) is 0 Å². The lowest BCUT2D eigenvalue weighted by atomic mass is 10.0. The number of rotatable bonds is 7. The number of nitrogens with two attached hydrogens (primary N) is 1. The van der Waals surface area contributed by atoms with Crippen LogP contribution >= 0.6 is 0 Å². The maximum atomic E-state index is 6.28. The molecule has 0 aliphatic heterocycles. The van der Waals surface area contributed by atoms with E-state index in [1.807, 2.05) is 0 Å². The minimum Gasteiger partial charge on any atom is -0.324 e. The summed E-state index contributed by atoms with van der Waals surface area (Å²) in [5.74, 6) is 0. The molecule has 0 amide bonds. The Morgan fingerprint density at radius 3 is 2.44 bits per heavy atom. The summed E-state index contributed by atoms with van der Waals surface area (Å²) in [6.45, 7) is 6.75. The first kappa shape index (κ1) is 13.6. The van der Waals surface area contributed by atoms with Crippen LogP contribution in [-0.4, -0.2) is 24.0 Å². The minimum absolute atomic E-state index is 0.184. The smallest absolute Gasteiger partial charge is 0.0307 e. The van der Waals surface area contributed by atoms with Gasteiger partial charge in [-0.3, -0.25) is 0 Å². The van der Waals surface area contributed by atoms with Gasteiger partial charge in [-0.2, -0.15) is 0 Å². The first-order chi connectivity index (χ1) is 8.70. The molecule has 1 aromatic rings. The molecule has 2 N–H and O–H groups in total.